The van der Waals surface area contributed by atoms with Crippen LogP contribution in [0.2, 0.25) is 0 Å². The number of aromatic nitrogens is 2. The van der Waals surface area contributed by atoms with E-state index >= 15 is 0 Å². The maximum absolute atomic E-state index is 13.7. The Hall–Kier alpha value is -2.17. The third kappa shape index (κ3) is 3.35. The Kier molecular flexibility index (Phi) is 4.22. The minimum atomic E-state index is -0.305. The summed E-state index contributed by atoms with van der Waals surface area (Å²) in [7, 11) is 0. The number of rotatable bonds is 3. The molecule has 1 N–H and O–H groups in total. The van der Waals surface area contributed by atoms with Crippen LogP contribution in [0.5, 0.6) is 0 Å². The fourth-order valence-electron chi connectivity index (χ4n) is 2.69. The van der Waals surface area contributed by atoms with E-state index < -0.39 is 0 Å². The van der Waals surface area contributed by atoms with Gasteiger partial charge in [-0.2, -0.15) is 4.98 Å². The van der Waals surface area contributed by atoms with Gasteiger partial charge in [-0.25, -0.2) is 9.37 Å². The zero-order chi connectivity index (χ0) is 15.5. The van der Waals surface area contributed by atoms with Gasteiger partial charge in [0.15, 0.2) is 0 Å². The largest absolute Gasteiger partial charge is 0.356 e. The molecule has 1 aromatic heterocycles. The van der Waals surface area contributed by atoms with Crippen LogP contribution in [0.15, 0.2) is 30.3 Å². The summed E-state index contributed by atoms with van der Waals surface area (Å²) in [5.74, 6) is 1.83. The first kappa shape index (κ1) is 14.8. The molecular formula is C17H21FN4. The molecule has 1 aliphatic rings. The lowest BCUT2D eigenvalue weighted by molar-refractivity contribution is 0.436. The van der Waals surface area contributed by atoms with Crippen molar-refractivity contribution >= 4 is 17.5 Å². The standard InChI is InChI=1S/C17H21FN4/c1-12-7-9-22(10-8-12)16-11-13(2)19-17(21-16)20-15-6-4-3-5-14(15)18/h3-6,11-12H,7-10H2,1-2H3,(H,19,20,21). The summed E-state index contributed by atoms with van der Waals surface area (Å²) >= 11 is 0. The Balaban J connectivity index is 1.82. The van der Waals surface area contributed by atoms with Gasteiger partial charge in [0.25, 0.3) is 0 Å². The first-order valence-electron chi connectivity index (χ1n) is 7.74. The van der Waals surface area contributed by atoms with Gasteiger partial charge >= 0.3 is 0 Å². The molecule has 0 amide bonds. The summed E-state index contributed by atoms with van der Waals surface area (Å²) in [5, 5.41) is 2.98. The number of halogens is 1. The average Bonchev–Trinajstić information content (AvgIpc) is 2.50. The van der Waals surface area contributed by atoms with Crippen molar-refractivity contribution in [2.45, 2.75) is 26.7 Å². The summed E-state index contributed by atoms with van der Waals surface area (Å²) < 4.78 is 13.7. The van der Waals surface area contributed by atoms with Gasteiger partial charge in [-0.15, -0.1) is 0 Å². The summed E-state index contributed by atoms with van der Waals surface area (Å²) in [4.78, 5) is 11.2. The minimum Gasteiger partial charge on any atom is -0.356 e. The van der Waals surface area contributed by atoms with E-state index in [1.54, 1.807) is 18.2 Å². The Morgan fingerprint density at radius 1 is 1.18 bits per heavy atom. The Morgan fingerprint density at radius 3 is 2.64 bits per heavy atom. The molecule has 1 aliphatic heterocycles. The Labute approximate surface area is 130 Å². The molecule has 0 bridgehead atoms. The number of nitrogens with one attached hydrogen (secondary N) is 1. The molecule has 1 fully saturated rings. The summed E-state index contributed by atoms with van der Waals surface area (Å²) in [5.41, 5.74) is 1.27. The summed E-state index contributed by atoms with van der Waals surface area (Å²) in [6.45, 7) is 6.24. The van der Waals surface area contributed by atoms with Gasteiger partial charge in [-0.3, -0.25) is 0 Å². The van der Waals surface area contributed by atoms with Crippen molar-refractivity contribution in [3.63, 3.8) is 0 Å². The maximum atomic E-state index is 13.7. The first-order chi connectivity index (χ1) is 10.6. The SMILES string of the molecule is Cc1cc(N2CCC(C)CC2)nc(Nc2ccccc2F)n1. The number of anilines is 3. The third-order valence-electron chi connectivity index (χ3n) is 4.07. The first-order valence-corrected chi connectivity index (χ1v) is 7.74. The van der Waals surface area contributed by atoms with Crippen molar-refractivity contribution < 1.29 is 4.39 Å². The second-order valence-corrected chi connectivity index (χ2v) is 5.97. The number of nitrogens with zero attached hydrogens (tertiary/aromatic N) is 3. The van der Waals surface area contributed by atoms with Crippen LogP contribution in [0.1, 0.15) is 25.5 Å². The zero-order valence-electron chi connectivity index (χ0n) is 13.0. The van der Waals surface area contributed by atoms with E-state index in [0.717, 1.165) is 30.5 Å². The topological polar surface area (TPSA) is 41.1 Å². The minimum absolute atomic E-state index is 0.305. The molecule has 116 valence electrons. The molecular weight excluding hydrogens is 279 g/mol. The molecule has 0 spiro atoms. The fourth-order valence-corrected chi connectivity index (χ4v) is 2.69. The van der Waals surface area contributed by atoms with Crippen molar-refractivity contribution in [3.8, 4) is 0 Å². The van der Waals surface area contributed by atoms with Crippen LogP contribution in [0.25, 0.3) is 0 Å². The van der Waals surface area contributed by atoms with Gasteiger partial charge in [0.2, 0.25) is 5.95 Å². The Morgan fingerprint density at radius 2 is 1.91 bits per heavy atom. The van der Waals surface area contributed by atoms with E-state index in [9.17, 15) is 4.39 Å². The molecule has 5 heteroatoms. The lowest BCUT2D eigenvalue weighted by atomic mass is 9.99. The average molecular weight is 300 g/mol. The van der Waals surface area contributed by atoms with Crippen molar-refractivity contribution in [2.24, 2.45) is 5.92 Å². The molecule has 0 atom stereocenters. The lowest BCUT2D eigenvalue weighted by Gasteiger charge is -2.31. The molecule has 22 heavy (non-hydrogen) atoms. The second kappa shape index (κ2) is 6.30. The van der Waals surface area contributed by atoms with E-state index in [-0.39, 0.29) is 5.82 Å². The molecule has 1 saturated heterocycles. The normalized spacial score (nSPS) is 15.9. The monoisotopic (exact) mass is 300 g/mol. The summed E-state index contributed by atoms with van der Waals surface area (Å²) in [6, 6.07) is 8.54. The van der Waals surface area contributed by atoms with Crippen LogP contribution < -0.4 is 10.2 Å². The predicted octanol–water partition coefficient (Wildman–Crippen LogP) is 3.90. The lowest BCUT2D eigenvalue weighted by Crippen LogP contribution is -2.33. The molecule has 0 saturated carbocycles. The zero-order valence-corrected chi connectivity index (χ0v) is 13.0. The van der Waals surface area contributed by atoms with Crippen LogP contribution in [0.3, 0.4) is 0 Å². The molecule has 2 aromatic rings. The van der Waals surface area contributed by atoms with E-state index in [4.69, 9.17) is 0 Å². The quantitative estimate of drug-likeness (QED) is 0.933. The highest BCUT2D eigenvalue weighted by atomic mass is 19.1. The van der Waals surface area contributed by atoms with E-state index in [1.165, 1.54) is 18.9 Å². The fraction of sp³-hybridized carbons (Fsp3) is 0.412. The highest BCUT2D eigenvalue weighted by molar-refractivity contribution is 5.56. The number of piperidine rings is 1. The van der Waals surface area contributed by atoms with Crippen molar-refractivity contribution in [1.82, 2.24) is 9.97 Å². The molecule has 4 nitrogen and oxygen atoms in total. The molecule has 3 rings (SSSR count). The number of benzene rings is 1. The smallest absolute Gasteiger partial charge is 0.229 e. The summed E-state index contributed by atoms with van der Waals surface area (Å²) in [6.07, 6.45) is 2.36. The Bertz CT molecular complexity index is 651. The molecule has 0 unspecified atom stereocenters. The maximum Gasteiger partial charge on any atom is 0.229 e. The van der Waals surface area contributed by atoms with Gasteiger partial charge in [0.1, 0.15) is 11.6 Å². The molecule has 2 heterocycles. The van der Waals surface area contributed by atoms with E-state index in [0.29, 0.717) is 11.6 Å². The second-order valence-electron chi connectivity index (χ2n) is 5.97. The number of hydrogen-bond acceptors (Lipinski definition) is 4. The number of para-hydroxylation sites is 1. The molecule has 0 aliphatic carbocycles. The van der Waals surface area contributed by atoms with Gasteiger partial charge in [-0.1, -0.05) is 19.1 Å². The van der Waals surface area contributed by atoms with Crippen molar-refractivity contribution in [1.29, 1.82) is 0 Å². The van der Waals surface area contributed by atoms with Crippen LogP contribution in [0.4, 0.5) is 21.8 Å². The molecule has 1 aromatic carbocycles. The van der Waals surface area contributed by atoms with Crippen LogP contribution in [0, 0.1) is 18.7 Å². The highest BCUT2D eigenvalue weighted by Crippen LogP contribution is 2.24. The van der Waals surface area contributed by atoms with Crippen LogP contribution >= 0.6 is 0 Å². The van der Waals surface area contributed by atoms with Crippen LogP contribution in [-0.4, -0.2) is 23.1 Å². The molecule has 0 radical (unpaired) electrons. The number of hydrogen-bond donors (Lipinski definition) is 1. The third-order valence-corrected chi connectivity index (χ3v) is 4.07. The highest BCUT2D eigenvalue weighted by Gasteiger charge is 2.18. The van der Waals surface area contributed by atoms with Gasteiger partial charge < -0.3 is 10.2 Å². The van der Waals surface area contributed by atoms with Crippen molar-refractivity contribution in [3.05, 3.63) is 41.8 Å². The van der Waals surface area contributed by atoms with Crippen molar-refractivity contribution in [2.75, 3.05) is 23.3 Å². The predicted molar refractivity (Wildman–Crippen MR) is 87.1 cm³/mol. The van der Waals surface area contributed by atoms with Gasteiger partial charge in [-0.05, 0) is 37.8 Å². The van der Waals surface area contributed by atoms with E-state index in [2.05, 4.69) is 27.1 Å². The van der Waals surface area contributed by atoms with Crippen LogP contribution in [-0.2, 0) is 0 Å². The number of aryl methyl sites for hydroxylation is 1. The van der Waals surface area contributed by atoms with Gasteiger partial charge in [0.05, 0.1) is 5.69 Å². The van der Waals surface area contributed by atoms with E-state index in [1.807, 2.05) is 13.0 Å². The van der Waals surface area contributed by atoms with Gasteiger partial charge in [0, 0.05) is 24.8 Å².